The first kappa shape index (κ1) is 18.8. The molecule has 1 fully saturated rings. The van der Waals surface area contributed by atoms with Gasteiger partial charge in [0.1, 0.15) is 5.75 Å². The quantitative estimate of drug-likeness (QED) is 0.813. The molecule has 1 aliphatic rings. The van der Waals surface area contributed by atoms with Gasteiger partial charge in [0.15, 0.2) is 11.6 Å². The summed E-state index contributed by atoms with van der Waals surface area (Å²) >= 11 is 0. The number of ether oxygens (including phenoxy) is 1. The van der Waals surface area contributed by atoms with E-state index in [1.807, 2.05) is 4.90 Å². The summed E-state index contributed by atoms with van der Waals surface area (Å²) in [4.78, 5) is 25.0. The summed E-state index contributed by atoms with van der Waals surface area (Å²) in [7, 11) is 0. The lowest BCUT2D eigenvalue weighted by Crippen LogP contribution is -2.40. The molecule has 2 aromatic rings. The third-order valence-corrected chi connectivity index (χ3v) is 4.50. The van der Waals surface area contributed by atoms with Gasteiger partial charge in [-0.3, -0.25) is 14.5 Å². The van der Waals surface area contributed by atoms with Gasteiger partial charge in [-0.25, -0.2) is 4.39 Å². The van der Waals surface area contributed by atoms with E-state index in [1.54, 1.807) is 42.5 Å². The van der Waals surface area contributed by atoms with Crippen LogP contribution in [0, 0.1) is 11.7 Å². The standard InChI is InChI=1S/C20H21FN2O4/c21-17-3-1-2-4-18(17)27-16-7-5-15(6-8-16)22-20(26)14-9-11-23(12-10-14)13-19(24)25/h1-8,14H,9-13H2,(H,22,26)(H,24,25). The largest absolute Gasteiger partial charge is 0.480 e. The Morgan fingerprint density at radius 3 is 2.41 bits per heavy atom. The number of hydrogen-bond donors (Lipinski definition) is 2. The van der Waals surface area contributed by atoms with Crippen molar-refractivity contribution in [3.63, 3.8) is 0 Å². The minimum Gasteiger partial charge on any atom is -0.480 e. The maximum Gasteiger partial charge on any atom is 0.317 e. The molecule has 2 aromatic carbocycles. The van der Waals surface area contributed by atoms with Gasteiger partial charge in [0.05, 0.1) is 6.54 Å². The number of nitrogens with zero attached hydrogens (tertiary/aromatic N) is 1. The summed E-state index contributed by atoms with van der Waals surface area (Å²) in [5, 5.41) is 11.7. The molecule has 0 radical (unpaired) electrons. The van der Waals surface area contributed by atoms with Crippen LogP contribution in [-0.2, 0) is 9.59 Å². The fourth-order valence-electron chi connectivity index (χ4n) is 3.05. The van der Waals surface area contributed by atoms with Gasteiger partial charge in [0.25, 0.3) is 0 Å². The third kappa shape index (κ3) is 5.27. The fourth-order valence-corrected chi connectivity index (χ4v) is 3.05. The van der Waals surface area contributed by atoms with Crippen LogP contribution in [0.5, 0.6) is 11.5 Å². The highest BCUT2D eigenvalue weighted by Crippen LogP contribution is 2.26. The summed E-state index contributed by atoms with van der Waals surface area (Å²) in [6.45, 7) is 1.21. The first-order valence-electron chi connectivity index (χ1n) is 8.79. The first-order chi connectivity index (χ1) is 13.0. The lowest BCUT2D eigenvalue weighted by atomic mass is 9.96. The number of piperidine rings is 1. The number of rotatable bonds is 6. The Morgan fingerprint density at radius 2 is 1.78 bits per heavy atom. The molecule has 1 aliphatic heterocycles. The SMILES string of the molecule is O=C(O)CN1CCC(C(=O)Nc2ccc(Oc3ccccc3F)cc2)CC1. The number of carbonyl (C=O) groups excluding carboxylic acids is 1. The van der Waals surface area contributed by atoms with E-state index < -0.39 is 11.8 Å². The molecular formula is C20H21FN2O4. The molecule has 0 aliphatic carbocycles. The van der Waals surface area contributed by atoms with Crippen molar-refractivity contribution in [2.75, 3.05) is 25.0 Å². The van der Waals surface area contributed by atoms with E-state index in [0.717, 1.165) is 0 Å². The fraction of sp³-hybridized carbons (Fsp3) is 0.300. The number of para-hydroxylation sites is 1. The number of carbonyl (C=O) groups is 2. The van der Waals surface area contributed by atoms with Crippen LogP contribution in [-0.4, -0.2) is 41.5 Å². The number of aliphatic carboxylic acids is 1. The number of halogens is 1. The third-order valence-electron chi connectivity index (χ3n) is 4.50. The second-order valence-corrected chi connectivity index (χ2v) is 6.49. The Bertz CT molecular complexity index is 802. The predicted octanol–water partition coefficient (Wildman–Crippen LogP) is 3.35. The number of likely N-dealkylation sites (tertiary alicyclic amines) is 1. The molecule has 3 rings (SSSR count). The highest BCUT2D eigenvalue weighted by Gasteiger charge is 2.25. The second kappa shape index (κ2) is 8.64. The molecule has 1 heterocycles. The molecule has 0 bridgehead atoms. The van der Waals surface area contributed by atoms with E-state index in [2.05, 4.69) is 5.32 Å². The predicted molar refractivity (Wildman–Crippen MR) is 98.3 cm³/mol. The molecule has 142 valence electrons. The molecule has 6 nitrogen and oxygen atoms in total. The molecule has 2 N–H and O–H groups in total. The Labute approximate surface area is 156 Å². The lowest BCUT2D eigenvalue weighted by molar-refractivity contribution is -0.138. The highest BCUT2D eigenvalue weighted by atomic mass is 19.1. The minimum atomic E-state index is -0.851. The van der Waals surface area contributed by atoms with E-state index in [1.165, 1.54) is 6.07 Å². The van der Waals surface area contributed by atoms with Crippen molar-refractivity contribution in [2.24, 2.45) is 5.92 Å². The number of carboxylic acids is 1. The molecule has 0 aromatic heterocycles. The Hall–Kier alpha value is -2.93. The van der Waals surface area contributed by atoms with Crippen molar-refractivity contribution in [1.29, 1.82) is 0 Å². The van der Waals surface area contributed by atoms with Crippen molar-refractivity contribution in [3.05, 3.63) is 54.3 Å². The summed E-state index contributed by atoms with van der Waals surface area (Å²) in [6, 6.07) is 12.9. The van der Waals surface area contributed by atoms with Gasteiger partial charge < -0.3 is 15.2 Å². The average Bonchev–Trinajstić information content (AvgIpc) is 2.65. The first-order valence-corrected chi connectivity index (χ1v) is 8.79. The molecule has 1 amide bonds. The van der Waals surface area contributed by atoms with Crippen LogP contribution < -0.4 is 10.1 Å². The number of benzene rings is 2. The highest BCUT2D eigenvalue weighted by molar-refractivity contribution is 5.92. The summed E-state index contributed by atoms with van der Waals surface area (Å²) < 4.78 is 19.1. The van der Waals surface area contributed by atoms with E-state index >= 15 is 0 Å². The topological polar surface area (TPSA) is 78.9 Å². The molecule has 0 spiro atoms. The van der Waals surface area contributed by atoms with Gasteiger partial charge in [0, 0.05) is 11.6 Å². The number of hydrogen-bond acceptors (Lipinski definition) is 4. The van der Waals surface area contributed by atoms with Crippen LogP contribution in [0.25, 0.3) is 0 Å². The van der Waals surface area contributed by atoms with E-state index in [0.29, 0.717) is 37.4 Å². The van der Waals surface area contributed by atoms with Crippen LogP contribution >= 0.6 is 0 Å². The van der Waals surface area contributed by atoms with Crippen LogP contribution in [0.15, 0.2) is 48.5 Å². The number of nitrogens with one attached hydrogen (secondary N) is 1. The Kier molecular flexibility index (Phi) is 6.03. The van der Waals surface area contributed by atoms with Crippen molar-refractivity contribution >= 4 is 17.6 Å². The minimum absolute atomic E-state index is 0.0117. The van der Waals surface area contributed by atoms with Gasteiger partial charge in [-0.05, 0) is 62.3 Å². The van der Waals surface area contributed by atoms with Crippen LogP contribution in [0.3, 0.4) is 0 Å². The van der Waals surface area contributed by atoms with Crippen molar-refractivity contribution in [2.45, 2.75) is 12.8 Å². The molecule has 27 heavy (non-hydrogen) atoms. The van der Waals surface area contributed by atoms with Crippen molar-refractivity contribution in [3.8, 4) is 11.5 Å². The summed E-state index contributed by atoms with van der Waals surface area (Å²) in [5.74, 6) is -0.890. The summed E-state index contributed by atoms with van der Waals surface area (Å²) in [6.07, 6.45) is 1.27. The lowest BCUT2D eigenvalue weighted by Gasteiger charge is -2.29. The van der Waals surface area contributed by atoms with Gasteiger partial charge in [-0.2, -0.15) is 0 Å². The molecule has 0 unspecified atom stereocenters. The van der Waals surface area contributed by atoms with Gasteiger partial charge in [-0.15, -0.1) is 0 Å². The van der Waals surface area contributed by atoms with Gasteiger partial charge >= 0.3 is 5.97 Å². The number of anilines is 1. The molecule has 0 saturated carbocycles. The van der Waals surface area contributed by atoms with E-state index in [9.17, 15) is 14.0 Å². The monoisotopic (exact) mass is 372 g/mol. The zero-order chi connectivity index (χ0) is 19.2. The number of amides is 1. The molecule has 7 heteroatoms. The Morgan fingerprint density at radius 1 is 1.11 bits per heavy atom. The van der Waals surface area contributed by atoms with E-state index in [4.69, 9.17) is 9.84 Å². The molecule has 0 atom stereocenters. The number of carboxylic acid groups (broad SMARTS) is 1. The Balaban J connectivity index is 1.52. The second-order valence-electron chi connectivity index (χ2n) is 6.49. The molecule has 1 saturated heterocycles. The average molecular weight is 372 g/mol. The zero-order valence-electron chi connectivity index (χ0n) is 14.7. The van der Waals surface area contributed by atoms with Gasteiger partial charge in [0.2, 0.25) is 5.91 Å². The smallest absolute Gasteiger partial charge is 0.317 e. The van der Waals surface area contributed by atoms with Crippen molar-refractivity contribution in [1.82, 2.24) is 4.90 Å². The maximum absolute atomic E-state index is 13.6. The van der Waals surface area contributed by atoms with Crippen LogP contribution in [0.1, 0.15) is 12.8 Å². The van der Waals surface area contributed by atoms with Crippen LogP contribution in [0.4, 0.5) is 10.1 Å². The summed E-state index contributed by atoms with van der Waals surface area (Å²) in [5.41, 5.74) is 0.633. The zero-order valence-corrected chi connectivity index (χ0v) is 14.7. The molecular weight excluding hydrogens is 351 g/mol. The van der Waals surface area contributed by atoms with Gasteiger partial charge in [-0.1, -0.05) is 12.1 Å². The maximum atomic E-state index is 13.6. The van der Waals surface area contributed by atoms with E-state index in [-0.39, 0.29) is 24.1 Å². The van der Waals surface area contributed by atoms with Crippen LogP contribution in [0.2, 0.25) is 0 Å². The van der Waals surface area contributed by atoms with Crippen molar-refractivity contribution < 1.29 is 23.8 Å². The normalized spacial score (nSPS) is 15.3.